The predicted molar refractivity (Wildman–Crippen MR) is 75.3 cm³/mol. The highest BCUT2D eigenvalue weighted by Crippen LogP contribution is 2.27. The molecule has 1 rings (SSSR count). The second kappa shape index (κ2) is 6.67. The lowest BCUT2D eigenvalue weighted by Gasteiger charge is -2.06. The maximum Gasteiger partial charge on any atom is 0.103 e. The van der Waals surface area contributed by atoms with E-state index in [9.17, 15) is 0 Å². The number of thioether (sulfide) groups is 1. The Morgan fingerprint density at radius 2 is 2.41 bits per heavy atom. The number of halogens is 1. The summed E-state index contributed by atoms with van der Waals surface area (Å²) < 4.78 is 0.796. The molecule has 0 saturated heterocycles. The van der Waals surface area contributed by atoms with Gasteiger partial charge in [-0.15, -0.1) is 11.8 Å². The number of pyridine rings is 1. The molecule has 0 unspecified atom stereocenters. The molecule has 0 spiro atoms. The van der Waals surface area contributed by atoms with Gasteiger partial charge in [0.25, 0.3) is 0 Å². The highest BCUT2D eigenvalue weighted by atomic mass is 79.9. The number of nitrogens with zero attached hydrogens (tertiary/aromatic N) is 2. The summed E-state index contributed by atoms with van der Waals surface area (Å²) in [4.78, 5) is 5.35. The Bertz CT molecular complexity index is 463. The van der Waals surface area contributed by atoms with Crippen molar-refractivity contribution in [3.63, 3.8) is 0 Å². The van der Waals surface area contributed by atoms with Crippen molar-refractivity contribution in [3.05, 3.63) is 28.6 Å². The molecule has 90 valence electrons. The monoisotopic (exact) mass is 311 g/mol. The van der Waals surface area contributed by atoms with E-state index in [0.717, 1.165) is 15.1 Å². The first-order valence-electron chi connectivity index (χ1n) is 5.19. The standard InChI is InChI=1S/C12H14BrN3S/c1-8(2)7-17-10-3-11(13)12(16-6-10)9(4-14)5-15/h3-4,6,8H,7,14H2,1-2H3. The third kappa shape index (κ3) is 4.06. The zero-order chi connectivity index (χ0) is 12.8. The van der Waals surface area contributed by atoms with E-state index in [0.29, 0.717) is 17.2 Å². The van der Waals surface area contributed by atoms with Crippen LogP contribution in [0.1, 0.15) is 19.5 Å². The van der Waals surface area contributed by atoms with Crippen molar-refractivity contribution in [2.75, 3.05) is 5.75 Å². The van der Waals surface area contributed by atoms with Crippen LogP contribution in [0.4, 0.5) is 0 Å². The predicted octanol–water partition coefficient (Wildman–Crippen LogP) is 3.42. The molecule has 1 heterocycles. The minimum absolute atomic E-state index is 0.372. The molecule has 1 aromatic rings. The first-order chi connectivity index (χ1) is 8.08. The van der Waals surface area contributed by atoms with Crippen molar-refractivity contribution < 1.29 is 0 Å². The van der Waals surface area contributed by atoms with Gasteiger partial charge in [-0.25, -0.2) is 0 Å². The first-order valence-corrected chi connectivity index (χ1v) is 6.97. The van der Waals surface area contributed by atoms with E-state index in [1.165, 1.54) is 6.20 Å². The minimum atomic E-state index is 0.372. The van der Waals surface area contributed by atoms with Gasteiger partial charge in [0, 0.05) is 27.5 Å². The van der Waals surface area contributed by atoms with E-state index in [4.69, 9.17) is 11.0 Å². The largest absolute Gasteiger partial charge is 0.403 e. The summed E-state index contributed by atoms with van der Waals surface area (Å²) in [6.07, 6.45) is 3.04. The lowest BCUT2D eigenvalue weighted by Crippen LogP contribution is -1.95. The van der Waals surface area contributed by atoms with Crippen LogP contribution >= 0.6 is 27.7 Å². The van der Waals surface area contributed by atoms with Crippen LogP contribution in [0.5, 0.6) is 0 Å². The van der Waals surface area contributed by atoms with E-state index in [1.54, 1.807) is 18.0 Å². The number of aromatic nitrogens is 1. The molecular formula is C12H14BrN3S. The summed E-state index contributed by atoms with van der Waals surface area (Å²) in [6.45, 7) is 4.35. The maximum atomic E-state index is 8.89. The molecule has 2 N–H and O–H groups in total. The molecule has 0 aliphatic heterocycles. The first kappa shape index (κ1) is 14.1. The molecule has 5 heteroatoms. The zero-order valence-corrected chi connectivity index (χ0v) is 12.2. The molecule has 0 aliphatic carbocycles. The van der Waals surface area contributed by atoms with Crippen molar-refractivity contribution in [1.29, 1.82) is 5.26 Å². The maximum absolute atomic E-state index is 8.89. The highest BCUT2D eigenvalue weighted by molar-refractivity contribution is 9.10. The molecule has 0 atom stereocenters. The van der Waals surface area contributed by atoms with E-state index >= 15 is 0 Å². The molecule has 0 bridgehead atoms. The van der Waals surface area contributed by atoms with Crippen LogP contribution in [0.3, 0.4) is 0 Å². The number of allylic oxidation sites excluding steroid dienone is 1. The van der Waals surface area contributed by atoms with Crippen LogP contribution in [0, 0.1) is 17.2 Å². The normalized spacial score (nSPS) is 11.6. The molecule has 0 saturated carbocycles. The Hall–Kier alpha value is -0.990. The minimum Gasteiger partial charge on any atom is -0.403 e. The zero-order valence-electron chi connectivity index (χ0n) is 9.77. The summed E-state index contributed by atoms with van der Waals surface area (Å²) in [5.41, 5.74) is 6.33. The van der Waals surface area contributed by atoms with E-state index < -0.39 is 0 Å². The quantitative estimate of drug-likeness (QED) is 0.683. The lowest BCUT2D eigenvalue weighted by atomic mass is 10.2. The fourth-order valence-corrected chi connectivity index (χ4v) is 2.70. The Morgan fingerprint density at radius 3 is 2.88 bits per heavy atom. The third-order valence-electron chi connectivity index (χ3n) is 1.94. The molecule has 3 nitrogen and oxygen atoms in total. The van der Waals surface area contributed by atoms with Gasteiger partial charge in [-0.3, -0.25) is 4.98 Å². The summed E-state index contributed by atoms with van der Waals surface area (Å²) in [5, 5.41) is 8.89. The second-order valence-corrected chi connectivity index (χ2v) is 5.85. The van der Waals surface area contributed by atoms with Crippen molar-refractivity contribution in [2.45, 2.75) is 18.7 Å². The van der Waals surface area contributed by atoms with Gasteiger partial charge in [0.05, 0.1) is 11.3 Å². The summed E-state index contributed by atoms with van der Waals surface area (Å²) in [6, 6.07) is 3.98. The molecular weight excluding hydrogens is 298 g/mol. The number of hydrogen-bond acceptors (Lipinski definition) is 4. The van der Waals surface area contributed by atoms with Gasteiger partial charge in [-0.2, -0.15) is 5.26 Å². The van der Waals surface area contributed by atoms with Gasteiger partial charge in [0.15, 0.2) is 0 Å². The number of nitrogens with two attached hydrogens (primary N) is 1. The van der Waals surface area contributed by atoms with E-state index in [1.807, 2.05) is 12.1 Å². The van der Waals surface area contributed by atoms with Gasteiger partial charge in [0.2, 0.25) is 0 Å². The average Bonchev–Trinajstić information content (AvgIpc) is 2.30. The number of rotatable bonds is 4. The van der Waals surface area contributed by atoms with Crippen molar-refractivity contribution in [1.82, 2.24) is 4.98 Å². The van der Waals surface area contributed by atoms with Gasteiger partial charge in [0.1, 0.15) is 6.07 Å². The van der Waals surface area contributed by atoms with Gasteiger partial charge in [-0.05, 0) is 27.9 Å². The number of hydrogen-bond donors (Lipinski definition) is 1. The Labute approximate surface area is 114 Å². The smallest absolute Gasteiger partial charge is 0.103 e. The topological polar surface area (TPSA) is 62.7 Å². The van der Waals surface area contributed by atoms with Crippen molar-refractivity contribution >= 4 is 33.3 Å². The Kier molecular flexibility index (Phi) is 5.52. The molecule has 0 fully saturated rings. The van der Waals surface area contributed by atoms with Crippen LogP contribution in [0.15, 0.2) is 27.8 Å². The summed E-state index contributed by atoms with van der Waals surface area (Å²) >= 11 is 5.17. The van der Waals surface area contributed by atoms with Gasteiger partial charge >= 0.3 is 0 Å². The third-order valence-corrected chi connectivity index (χ3v) is 3.94. The Morgan fingerprint density at radius 1 is 1.71 bits per heavy atom. The van der Waals surface area contributed by atoms with Crippen molar-refractivity contribution in [3.8, 4) is 6.07 Å². The molecule has 0 aliphatic rings. The van der Waals surface area contributed by atoms with Crippen LogP contribution in [0.25, 0.3) is 5.57 Å². The van der Waals surface area contributed by atoms with Crippen molar-refractivity contribution in [2.24, 2.45) is 11.7 Å². The molecule has 0 aromatic carbocycles. The fourth-order valence-electron chi connectivity index (χ4n) is 1.13. The Balaban J connectivity index is 2.91. The molecule has 17 heavy (non-hydrogen) atoms. The van der Waals surface area contributed by atoms with E-state index in [-0.39, 0.29) is 0 Å². The van der Waals surface area contributed by atoms with Gasteiger partial charge < -0.3 is 5.73 Å². The second-order valence-electron chi connectivity index (χ2n) is 3.90. The fraction of sp³-hybridized carbons (Fsp3) is 0.333. The van der Waals surface area contributed by atoms with Crippen LogP contribution in [0.2, 0.25) is 0 Å². The van der Waals surface area contributed by atoms with Gasteiger partial charge in [-0.1, -0.05) is 13.8 Å². The average molecular weight is 312 g/mol. The molecule has 1 aromatic heterocycles. The SMILES string of the molecule is CC(C)CSc1cnc(C(C#N)=CN)c(Br)c1. The highest BCUT2D eigenvalue weighted by Gasteiger charge is 2.08. The van der Waals surface area contributed by atoms with Crippen LogP contribution < -0.4 is 5.73 Å². The molecule has 0 radical (unpaired) electrons. The summed E-state index contributed by atoms with van der Waals surface area (Å²) in [7, 11) is 0. The number of nitriles is 1. The van der Waals surface area contributed by atoms with Crippen LogP contribution in [-0.4, -0.2) is 10.7 Å². The lowest BCUT2D eigenvalue weighted by molar-refractivity contribution is 0.750. The summed E-state index contributed by atoms with van der Waals surface area (Å²) in [5.74, 6) is 1.68. The molecule has 0 amide bonds. The van der Waals surface area contributed by atoms with E-state index in [2.05, 4.69) is 34.8 Å². The van der Waals surface area contributed by atoms with Crippen LogP contribution in [-0.2, 0) is 0 Å².